The summed E-state index contributed by atoms with van der Waals surface area (Å²) in [5.41, 5.74) is 2.35. The number of hydrogen-bond donors (Lipinski definition) is 2. The van der Waals surface area contributed by atoms with Gasteiger partial charge in [-0.25, -0.2) is 0 Å². The van der Waals surface area contributed by atoms with E-state index in [1.165, 1.54) is 6.08 Å². The van der Waals surface area contributed by atoms with Crippen molar-refractivity contribution in [3.8, 4) is 11.8 Å². The van der Waals surface area contributed by atoms with Crippen molar-refractivity contribution in [1.82, 2.24) is 5.32 Å². The van der Waals surface area contributed by atoms with E-state index in [1.807, 2.05) is 36.4 Å². The second-order valence-corrected chi connectivity index (χ2v) is 5.22. The number of nitriles is 1. The molecule has 4 heteroatoms. The highest BCUT2D eigenvalue weighted by atomic mass is 16.3. The van der Waals surface area contributed by atoms with Crippen LogP contribution in [0.25, 0.3) is 6.08 Å². The molecule has 2 aromatic rings. The maximum Gasteiger partial charge on any atom is 0.262 e. The SMILES string of the molecule is C=CCc1cc(/C=C(/C#N)C(=O)NCc2ccccc2)ccc1O. The van der Waals surface area contributed by atoms with Crippen LogP contribution in [0.3, 0.4) is 0 Å². The molecular weight excluding hydrogens is 300 g/mol. The zero-order valence-electron chi connectivity index (χ0n) is 13.2. The van der Waals surface area contributed by atoms with Crippen molar-refractivity contribution < 1.29 is 9.90 Å². The maximum atomic E-state index is 12.2. The molecule has 0 saturated heterocycles. The number of phenolic OH excluding ortho intramolecular Hbond substituents is 1. The number of aromatic hydroxyl groups is 1. The normalized spacial score (nSPS) is 10.7. The number of nitrogens with zero attached hydrogens (tertiary/aromatic N) is 1. The lowest BCUT2D eigenvalue weighted by atomic mass is 10.0. The smallest absolute Gasteiger partial charge is 0.262 e. The fourth-order valence-corrected chi connectivity index (χ4v) is 2.20. The van der Waals surface area contributed by atoms with Gasteiger partial charge in [-0.1, -0.05) is 42.5 Å². The Balaban J connectivity index is 2.13. The number of carbonyl (C=O) groups is 1. The van der Waals surface area contributed by atoms with E-state index in [2.05, 4.69) is 11.9 Å². The Bertz CT molecular complexity index is 802. The quantitative estimate of drug-likeness (QED) is 0.487. The third kappa shape index (κ3) is 4.59. The Kier molecular flexibility index (Phi) is 5.93. The average molecular weight is 318 g/mol. The summed E-state index contributed by atoms with van der Waals surface area (Å²) < 4.78 is 0. The molecule has 0 saturated carbocycles. The van der Waals surface area contributed by atoms with Gasteiger partial charge >= 0.3 is 0 Å². The van der Waals surface area contributed by atoms with Crippen molar-refractivity contribution in [2.45, 2.75) is 13.0 Å². The van der Waals surface area contributed by atoms with Gasteiger partial charge in [0.25, 0.3) is 5.91 Å². The monoisotopic (exact) mass is 318 g/mol. The Labute approximate surface area is 141 Å². The largest absolute Gasteiger partial charge is 0.508 e. The van der Waals surface area contributed by atoms with Gasteiger partial charge in [0.15, 0.2) is 0 Å². The number of phenols is 1. The molecule has 0 bridgehead atoms. The molecule has 24 heavy (non-hydrogen) atoms. The highest BCUT2D eigenvalue weighted by Crippen LogP contribution is 2.21. The van der Waals surface area contributed by atoms with Crippen LogP contribution in [-0.2, 0) is 17.8 Å². The first-order valence-corrected chi connectivity index (χ1v) is 7.50. The molecule has 120 valence electrons. The fourth-order valence-electron chi connectivity index (χ4n) is 2.20. The van der Waals surface area contributed by atoms with E-state index in [1.54, 1.807) is 24.3 Å². The van der Waals surface area contributed by atoms with Crippen LogP contribution in [-0.4, -0.2) is 11.0 Å². The molecule has 0 aromatic heterocycles. The standard InChI is InChI=1S/C20H18N2O2/c1-2-6-17-11-16(9-10-19(17)23)12-18(13-21)20(24)22-14-15-7-4-3-5-8-15/h2-5,7-12,23H,1,6,14H2,(H,22,24)/b18-12-. The van der Waals surface area contributed by atoms with Crippen LogP contribution >= 0.6 is 0 Å². The van der Waals surface area contributed by atoms with Gasteiger partial charge < -0.3 is 10.4 Å². The van der Waals surface area contributed by atoms with Gasteiger partial charge in [0.05, 0.1) is 0 Å². The predicted octanol–water partition coefficient (Wildman–Crippen LogP) is 3.34. The number of nitrogens with one attached hydrogen (secondary N) is 1. The molecule has 2 aromatic carbocycles. The molecule has 1 amide bonds. The number of amides is 1. The van der Waals surface area contributed by atoms with Crippen LogP contribution in [0.4, 0.5) is 0 Å². The lowest BCUT2D eigenvalue weighted by Gasteiger charge is -2.06. The third-order valence-electron chi connectivity index (χ3n) is 3.44. The number of hydrogen-bond acceptors (Lipinski definition) is 3. The summed E-state index contributed by atoms with van der Waals surface area (Å²) >= 11 is 0. The molecule has 0 aliphatic carbocycles. The highest BCUT2D eigenvalue weighted by molar-refractivity contribution is 6.01. The summed E-state index contributed by atoms with van der Waals surface area (Å²) in [7, 11) is 0. The first kappa shape index (κ1) is 17.0. The Morgan fingerprint density at radius 3 is 2.67 bits per heavy atom. The first-order valence-electron chi connectivity index (χ1n) is 7.50. The fraction of sp³-hybridized carbons (Fsp3) is 0.100. The summed E-state index contributed by atoms with van der Waals surface area (Å²) in [5, 5.41) is 21.7. The van der Waals surface area contributed by atoms with E-state index < -0.39 is 5.91 Å². The molecule has 0 aliphatic rings. The van der Waals surface area contributed by atoms with Gasteiger partial charge in [0.2, 0.25) is 0 Å². The maximum absolute atomic E-state index is 12.2. The van der Waals surface area contributed by atoms with Gasteiger partial charge in [-0.3, -0.25) is 4.79 Å². The van der Waals surface area contributed by atoms with Gasteiger partial charge in [-0.2, -0.15) is 5.26 Å². The second kappa shape index (κ2) is 8.35. The zero-order chi connectivity index (χ0) is 17.4. The molecule has 0 unspecified atom stereocenters. The second-order valence-electron chi connectivity index (χ2n) is 5.22. The van der Waals surface area contributed by atoms with E-state index in [4.69, 9.17) is 0 Å². The lowest BCUT2D eigenvalue weighted by Crippen LogP contribution is -2.23. The van der Waals surface area contributed by atoms with Crippen molar-refractivity contribution >= 4 is 12.0 Å². The van der Waals surface area contributed by atoms with E-state index in [0.717, 1.165) is 5.56 Å². The molecule has 4 nitrogen and oxygen atoms in total. The third-order valence-corrected chi connectivity index (χ3v) is 3.44. The number of allylic oxidation sites excluding steroid dienone is 1. The predicted molar refractivity (Wildman–Crippen MR) is 93.9 cm³/mol. The molecule has 0 spiro atoms. The molecule has 0 atom stereocenters. The summed E-state index contributed by atoms with van der Waals surface area (Å²) in [6, 6.07) is 16.3. The van der Waals surface area contributed by atoms with Crippen molar-refractivity contribution in [3.05, 3.63) is 83.4 Å². The minimum atomic E-state index is -0.431. The van der Waals surface area contributed by atoms with Gasteiger partial charge in [-0.05, 0) is 41.3 Å². The molecule has 0 radical (unpaired) electrons. The zero-order valence-corrected chi connectivity index (χ0v) is 13.2. The van der Waals surface area contributed by atoms with Crippen LogP contribution in [0.1, 0.15) is 16.7 Å². The minimum Gasteiger partial charge on any atom is -0.508 e. The summed E-state index contributed by atoms with van der Waals surface area (Å²) in [5.74, 6) is -0.265. The van der Waals surface area contributed by atoms with E-state index in [0.29, 0.717) is 24.1 Å². The minimum absolute atomic E-state index is 0.0150. The lowest BCUT2D eigenvalue weighted by molar-refractivity contribution is -0.117. The Hall–Kier alpha value is -3.32. The van der Waals surface area contributed by atoms with Crippen LogP contribution in [0.15, 0.2) is 66.8 Å². The van der Waals surface area contributed by atoms with Crippen molar-refractivity contribution in [3.63, 3.8) is 0 Å². The molecule has 2 rings (SSSR count). The number of benzene rings is 2. The molecule has 0 aliphatic heterocycles. The number of rotatable bonds is 6. The number of carbonyl (C=O) groups excluding carboxylic acids is 1. The van der Waals surface area contributed by atoms with Crippen molar-refractivity contribution in [1.29, 1.82) is 5.26 Å². The first-order chi connectivity index (χ1) is 11.6. The molecular formula is C20H18N2O2. The molecule has 0 heterocycles. The van der Waals surface area contributed by atoms with E-state index in [9.17, 15) is 15.2 Å². The van der Waals surface area contributed by atoms with E-state index in [-0.39, 0.29) is 11.3 Å². The summed E-state index contributed by atoms with van der Waals surface area (Å²) in [6.45, 7) is 4.00. The molecule has 0 fully saturated rings. The van der Waals surface area contributed by atoms with Gasteiger partial charge in [-0.15, -0.1) is 6.58 Å². The van der Waals surface area contributed by atoms with Crippen LogP contribution in [0, 0.1) is 11.3 Å². The average Bonchev–Trinajstić information content (AvgIpc) is 2.61. The van der Waals surface area contributed by atoms with E-state index >= 15 is 0 Å². The summed E-state index contributed by atoms with van der Waals surface area (Å²) in [4.78, 5) is 12.2. The highest BCUT2D eigenvalue weighted by Gasteiger charge is 2.09. The van der Waals surface area contributed by atoms with Crippen molar-refractivity contribution in [2.24, 2.45) is 0 Å². The molecule has 2 N–H and O–H groups in total. The van der Waals surface area contributed by atoms with Crippen LogP contribution < -0.4 is 5.32 Å². The van der Waals surface area contributed by atoms with Gasteiger partial charge in [0, 0.05) is 6.54 Å². The summed E-state index contributed by atoms with van der Waals surface area (Å²) in [6.07, 6.45) is 3.70. The Morgan fingerprint density at radius 2 is 2.00 bits per heavy atom. The van der Waals surface area contributed by atoms with Gasteiger partial charge in [0.1, 0.15) is 17.4 Å². The van der Waals surface area contributed by atoms with Crippen molar-refractivity contribution in [2.75, 3.05) is 0 Å². The van der Waals surface area contributed by atoms with Crippen LogP contribution in [0.5, 0.6) is 5.75 Å². The topological polar surface area (TPSA) is 73.1 Å². The van der Waals surface area contributed by atoms with Crippen LogP contribution in [0.2, 0.25) is 0 Å². The Morgan fingerprint density at radius 1 is 1.25 bits per heavy atom.